The second kappa shape index (κ2) is 11.8. The summed E-state index contributed by atoms with van der Waals surface area (Å²) in [5, 5.41) is 0. The Balaban J connectivity index is 1.65. The Morgan fingerprint density at radius 1 is 0.565 bits per heavy atom. The van der Waals surface area contributed by atoms with Crippen LogP contribution in [0.5, 0.6) is 0 Å². The molecule has 5 aromatic carbocycles. The molecule has 2 aliphatic rings. The summed E-state index contributed by atoms with van der Waals surface area (Å²) in [5.74, 6) is -0.0417. The maximum Gasteiger partial charge on any atom is 0.284 e. The van der Waals surface area contributed by atoms with Crippen molar-refractivity contribution in [3.63, 3.8) is 0 Å². The number of para-hydroxylation sites is 1. The van der Waals surface area contributed by atoms with Crippen molar-refractivity contribution in [2.45, 2.75) is 9.79 Å². The molecule has 0 atom stereocenters. The van der Waals surface area contributed by atoms with Gasteiger partial charge in [-0.15, -0.1) is 4.40 Å². The number of hydrogen-bond donors (Lipinski definition) is 0. The monoisotopic (exact) mass is 641 g/mol. The van der Waals surface area contributed by atoms with Gasteiger partial charge in [0, 0.05) is 0 Å². The Kier molecular flexibility index (Phi) is 7.48. The molecule has 7 rings (SSSR count). The summed E-state index contributed by atoms with van der Waals surface area (Å²) in [4.78, 5) is 1.78. The number of hydrogen-bond acceptors (Lipinski definition) is 5. The average Bonchev–Trinajstić information content (AvgIpc) is 3.09. The van der Waals surface area contributed by atoms with Gasteiger partial charge < -0.3 is 0 Å². The number of fused-ring (bicyclic) bond motifs is 3. The van der Waals surface area contributed by atoms with E-state index in [-0.39, 0.29) is 21.4 Å². The van der Waals surface area contributed by atoms with E-state index in [2.05, 4.69) is 4.40 Å². The molecular weight excluding hydrogens is 615 g/mol. The summed E-state index contributed by atoms with van der Waals surface area (Å²) in [6.45, 7) is 0. The van der Waals surface area contributed by atoms with E-state index in [1.165, 1.54) is 24.3 Å². The van der Waals surface area contributed by atoms with Gasteiger partial charge >= 0.3 is 0 Å². The topological polar surface area (TPSA) is 87.1 Å². The molecule has 2 heterocycles. The van der Waals surface area contributed by atoms with Gasteiger partial charge in [-0.05, 0) is 59.2 Å². The van der Waals surface area contributed by atoms with Gasteiger partial charge in [-0.1, -0.05) is 121 Å². The molecule has 0 radical (unpaired) electrons. The summed E-state index contributed by atoms with van der Waals surface area (Å²) >= 11 is 0. The van der Waals surface area contributed by atoms with Gasteiger partial charge in [-0.25, -0.2) is 8.42 Å². The van der Waals surface area contributed by atoms with E-state index in [4.69, 9.17) is 0 Å². The average molecular weight is 642 g/mol. The largest absolute Gasteiger partial charge is 0.294 e. The van der Waals surface area contributed by atoms with E-state index in [0.717, 1.165) is 15.6 Å². The highest BCUT2D eigenvalue weighted by Gasteiger charge is 2.44. The molecule has 0 saturated carbocycles. The summed E-state index contributed by atoms with van der Waals surface area (Å²) in [6.07, 6.45) is 5.55. The van der Waals surface area contributed by atoms with Gasteiger partial charge in [0.25, 0.3) is 20.0 Å². The minimum atomic E-state index is -4.46. The zero-order valence-corrected chi connectivity index (χ0v) is 26.0. The molecule has 0 aromatic heterocycles. The summed E-state index contributed by atoms with van der Waals surface area (Å²) in [6, 6.07) is 41.9. The van der Waals surface area contributed by atoms with Crippen LogP contribution in [0.3, 0.4) is 0 Å². The fourth-order valence-electron chi connectivity index (χ4n) is 5.54. The van der Waals surface area contributed by atoms with Crippen LogP contribution < -0.4 is 4.90 Å². The van der Waals surface area contributed by atoms with Crippen LogP contribution in [0, 0.1) is 0 Å². The number of amidine groups is 1. The maximum atomic E-state index is 14.9. The molecule has 0 N–H and O–H groups in total. The molecular formula is C37H27N3O4S2. The molecule has 0 spiro atoms. The maximum absolute atomic E-state index is 14.9. The molecule has 7 nitrogen and oxygen atoms in total. The van der Waals surface area contributed by atoms with E-state index >= 15 is 0 Å². The zero-order valence-electron chi connectivity index (χ0n) is 24.4. The fraction of sp³-hybridized carbons (Fsp3) is 0. The lowest BCUT2D eigenvalue weighted by atomic mass is 9.95. The molecule has 0 amide bonds. The van der Waals surface area contributed by atoms with Crippen LogP contribution in [0.4, 0.5) is 5.69 Å². The highest BCUT2D eigenvalue weighted by Crippen LogP contribution is 2.45. The van der Waals surface area contributed by atoms with E-state index in [1.807, 2.05) is 102 Å². The molecule has 9 heteroatoms. The van der Waals surface area contributed by atoms with Gasteiger partial charge in [0.2, 0.25) is 0 Å². The summed E-state index contributed by atoms with van der Waals surface area (Å²) < 4.78 is 63.4. The molecule has 0 aliphatic carbocycles. The molecule has 46 heavy (non-hydrogen) atoms. The Labute approximate surface area is 268 Å². The lowest BCUT2D eigenvalue weighted by Gasteiger charge is -2.43. The molecule has 2 aliphatic heterocycles. The lowest BCUT2D eigenvalue weighted by molar-refractivity contribution is 0.550. The summed E-state index contributed by atoms with van der Waals surface area (Å²) in [5.41, 5.74) is 3.83. The van der Waals surface area contributed by atoms with Crippen molar-refractivity contribution in [3.8, 4) is 0 Å². The van der Waals surface area contributed by atoms with Gasteiger partial charge in [0.1, 0.15) is 5.82 Å². The van der Waals surface area contributed by atoms with Crippen LogP contribution in [0.25, 0.3) is 17.7 Å². The lowest BCUT2D eigenvalue weighted by Crippen LogP contribution is -2.48. The van der Waals surface area contributed by atoms with Crippen molar-refractivity contribution in [2.24, 2.45) is 4.40 Å². The van der Waals surface area contributed by atoms with Crippen LogP contribution in [0.2, 0.25) is 0 Å². The molecule has 0 unspecified atom stereocenters. The third-order valence-corrected chi connectivity index (χ3v) is 10.6. The molecule has 226 valence electrons. The third kappa shape index (κ3) is 5.25. The van der Waals surface area contributed by atoms with Crippen molar-refractivity contribution in [1.82, 2.24) is 4.31 Å². The second-order valence-electron chi connectivity index (χ2n) is 10.6. The first-order valence-corrected chi connectivity index (χ1v) is 17.4. The first-order valence-electron chi connectivity index (χ1n) is 14.5. The number of anilines is 1. The van der Waals surface area contributed by atoms with Gasteiger partial charge in [-0.3, -0.25) is 4.90 Å². The highest BCUT2D eigenvalue weighted by molar-refractivity contribution is 7.91. The Morgan fingerprint density at radius 3 is 1.76 bits per heavy atom. The smallest absolute Gasteiger partial charge is 0.284 e. The first-order chi connectivity index (χ1) is 22.3. The number of rotatable bonds is 6. The van der Waals surface area contributed by atoms with Crippen LogP contribution in [-0.4, -0.2) is 27.0 Å². The zero-order chi connectivity index (χ0) is 31.7. The number of sulfonamides is 2. The quantitative estimate of drug-likeness (QED) is 0.193. The van der Waals surface area contributed by atoms with Crippen molar-refractivity contribution in [1.29, 1.82) is 0 Å². The molecule has 5 aromatic rings. The van der Waals surface area contributed by atoms with Crippen LogP contribution in [0.1, 0.15) is 16.7 Å². The van der Waals surface area contributed by atoms with E-state index in [9.17, 15) is 16.8 Å². The first kappa shape index (κ1) is 29.2. The van der Waals surface area contributed by atoms with E-state index in [1.54, 1.807) is 42.5 Å². The van der Waals surface area contributed by atoms with Crippen LogP contribution >= 0.6 is 0 Å². The van der Waals surface area contributed by atoms with Crippen molar-refractivity contribution < 1.29 is 16.8 Å². The predicted octanol–water partition coefficient (Wildman–Crippen LogP) is 7.42. The number of benzene rings is 5. The minimum absolute atomic E-state index is 0.0181. The Morgan fingerprint density at radius 2 is 1.11 bits per heavy atom. The van der Waals surface area contributed by atoms with Gasteiger partial charge in [-0.2, -0.15) is 12.7 Å². The normalized spacial score (nSPS) is 16.4. The van der Waals surface area contributed by atoms with E-state index < -0.39 is 20.0 Å². The number of nitrogens with zero attached hydrogens (tertiary/aromatic N) is 3. The SMILES string of the molecule is O=S(=O)(/N=C1\C(c2ccccc2)=C2C=Cc3ccccc3N2/C(=C\c2ccccc2)N1S(=O)(=O)c1ccccc1)c1ccccc1. The second-order valence-corrected chi connectivity index (χ2v) is 13.9. The standard InChI is InChI=1S/C37H27N3O4S2/c41-45(42,31-20-9-3-10-21-31)38-37-36(30-18-7-2-8-19-30)34-26-25-29-17-13-14-24-33(29)39(34)35(27-28-15-5-1-6-16-28)40(37)46(43,44)32-22-11-4-12-23-32/h1-27H/b35-27+,38-37+. The van der Waals surface area contributed by atoms with Crippen molar-refractivity contribution >= 4 is 49.3 Å². The van der Waals surface area contributed by atoms with Gasteiger partial charge in [0.05, 0.1) is 26.7 Å². The predicted molar refractivity (Wildman–Crippen MR) is 182 cm³/mol. The molecule has 0 bridgehead atoms. The van der Waals surface area contributed by atoms with Crippen molar-refractivity contribution in [3.05, 3.63) is 180 Å². The third-order valence-electron chi connectivity index (χ3n) is 7.64. The summed E-state index contributed by atoms with van der Waals surface area (Å²) in [7, 11) is -8.85. The van der Waals surface area contributed by atoms with Crippen LogP contribution in [0.15, 0.2) is 177 Å². The van der Waals surface area contributed by atoms with E-state index in [0.29, 0.717) is 22.4 Å². The Hall–Kier alpha value is -5.51. The van der Waals surface area contributed by atoms with Crippen LogP contribution in [-0.2, 0) is 20.0 Å². The van der Waals surface area contributed by atoms with Crippen molar-refractivity contribution in [2.75, 3.05) is 4.90 Å². The number of allylic oxidation sites excluding steroid dienone is 1. The van der Waals surface area contributed by atoms with Gasteiger partial charge in [0.15, 0.2) is 5.84 Å². The Bertz CT molecular complexity index is 2270. The minimum Gasteiger partial charge on any atom is -0.294 e. The fourth-order valence-corrected chi connectivity index (χ4v) is 8.05. The highest BCUT2D eigenvalue weighted by atomic mass is 32.2. The molecule has 0 fully saturated rings. The molecule has 0 saturated heterocycles.